The molecule has 2 heterocycles. The number of hydrogen-bond donors (Lipinski definition) is 0. The topological polar surface area (TPSA) is 62.5 Å². The zero-order valence-corrected chi connectivity index (χ0v) is 14.6. The first-order chi connectivity index (χ1) is 11.0. The molecule has 0 saturated carbocycles. The molecule has 1 aliphatic heterocycles. The Morgan fingerprint density at radius 3 is 2.65 bits per heavy atom. The lowest BCUT2D eigenvalue weighted by atomic mass is 10.0. The van der Waals surface area contributed by atoms with Gasteiger partial charge in [0, 0.05) is 18.4 Å². The Morgan fingerprint density at radius 2 is 2.04 bits per heavy atom. The minimum absolute atomic E-state index is 0.167. The molecule has 0 radical (unpaired) electrons. The van der Waals surface area contributed by atoms with Crippen LogP contribution in [0.1, 0.15) is 51.8 Å². The summed E-state index contributed by atoms with van der Waals surface area (Å²) in [6.07, 6.45) is 4.14. The molecule has 1 fully saturated rings. The Hall–Kier alpha value is -1.40. The SMILES string of the molecule is CCCOCCn1c(=O)c(C)cn([C@H]2C[C@H](C)[C@@H](CC)O2)c1=O. The van der Waals surface area contributed by atoms with Crippen LogP contribution >= 0.6 is 0 Å². The predicted octanol–water partition coefficient (Wildman–Crippen LogP) is 2.08. The van der Waals surface area contributed by atoms with Crippen molar-refractivity contribution < 1.29 is 9.47 Å². The van der Waals surface area contributed by atoms with E-state index in [4.69, 9.17) is 9.47 Å². The third-order valence-corrected chi connectivity index (χ3v) is 4.43. The molecule has 130 valence electrons. The van der Waals surface area contributed by atoms with Crippen molar-refractivity contribution >= 4 is 0 Å². The van der Waals surface area contributed by atoms with E-state index in [0.717, 1.165) is 19.3 Å². The summed E-state index contributed by atoms with van der Waals surface area (Å²) in [6.45, 7) is 9.26. The van der Waals surface area contributed by atoms with Crippen LogP contribution in [0, 0.1) is 12.8 Å². The zero-order chi connectivity index (χ0) is 17.0. The van der Waals surface area contributed by atoms with Gasteiger partial charge in [-0.3, -0.25) is 13.9 Å². The number of aryl methyl sites for hydroxylation is 1. The van der Waals surface area contributed by atoms with Crippen LogP contribution in [0.2, 0.25) is 0 Å². The van der Waals surface area contributed by atoms with Crippen LogP contribution in [0.4, 0.5) is 0 Å². The van der Waals surface area contributed by atoms with Crippen molar-refractivity contribution in [2.75, 3.05) is 13.2 Å². The molecule has 6 heteroatoms. The normalized spacial score (nSPS) is 24.3. The van der Waals surface area contributed by atoms with E-state index in [2.05, 4.69) is 13.8 Å². The summed E-state index contributed by atoms with van der Waals surface area (Å²) < 4.78 is 14.2. The molecule has 3 atom stereocenters. The summed E-state index contributed by atoms with van der Waals surface area (Å²) in [5.41, 5.74) is -0.00428. The molecule has 1 aliphatic rings. The van der Waals surface area contributed by atoms with E-state index in [1.54, 1.807) is 17.7 Å². The van der Waals surface area contributed by atoms with Crippen molar-refractivity contribution in [3.8, 4) is 0 Å². The van der Waals surface area contributed by atoms with Crippen LogP contribution in [-0.4, -0.2) is 28.5 Å². The minimum Gasteiger partial charge on any atom is -0.380 e. The summed E-state index contributed by atoms with van der Waals surface area (Å²) in [5, 5.41) is 0. The second-order valence-corrected chi connectivity index (χ2v) is 6.32. The van der Waals surface area contributed by atoms with Crippen molar-refractivity contribution in [1.29, 1.82) is 0 Å². The molecule has 2 rings (SSSR count). The van der Waals surface area contributed by atoms with Crippen LogP contribution in [0.25, 0.3) is 0 Å². The number of aromatic nitrogens is 2. The summed E-state index contributed by atoms with van der Waals surface area (Å²) in [5.74, 6) is 0.408. The Bertz CT molecular complexity index is 634. The molecule has 23 heavy (non-hydrogen) atoms. The number of rotatable bonds is 7. The monoisotopic (exact) mass is 324 g/mol. The fraction of sp³-hybridized carbons (Fsp3) is 0.765. The van der Waals surface area contributed by atoms with Gasteiger partial charge in [0.25, 0.3) is 5.56 Å². The molecule has 0 bridgehead atoms. The van der Waals surface area contributed by atoms with E-state index in [-0.39, 0.29) is 30.1 Å². The standard InChI is InChI=1S/C17H28N2O4/c1-5-8-22-9-7-18-16(20)13(4)11-19(17(18)21)15-10-12(3)14(6-2)23-15/h11-12,14-15H,5-10H2,1-4H3/t12-,14+,15+/m0/s1. The highest BCUT2D eigenvalue weighted by Crippen LogP contribution is 2.33. The first kappa shape index (κ1) is 17.9. The molecule has 6 nitrogen and oxygen atoms in total. The van der Waals surface area contributed by atoms with Crippen LogP contribution < -0.4 is 11.2 Å². The van der Waals surface area contributed by atoms with E-state index in [1.807, 2.05) is 6.92 Å². The lowest BCUT2D eigenvalue weighted by Crippen LogP contribution is -2.42. The number of ether oxygens (including phenoxy) is 2. The van der Waals surface area contributed by atoms with Gasteiger partial charge in [-0.25, -0.2) is 4.79 Å². The first-order valence-electron chi connectivity index (χ1n) is 8.55. The lowest BCUT2D eigenvalue weighted by molar-refractivity contribution is -0.00869. The van der Waals surface area contributed by atoms with Crippen LogP contribution in [-0.2, 0) is 16.0 Å². The van der Waals surface area contributed by atoms with E-state index < -0.39 is 0 Å². The van der Waals surface area contributed by atoms with Gasteiger partial charge in [-0.15, -0.1) is 0 Å². The Balaban J connectivity index is 2.26. The average molecular weight is 324 g/mol. The molecule has 0 unspecified atom stereocenters. The maximum Gasteiger partial charge on any atom is 0.333 e. The van der Waals surface area contributed by atoms with Gasteiger partial charge < -0.3 is 9.47 Å². The van der Waals surface area contributed by atoms with Gasteiger partial charge in [0.1, 0.15) is 6.23 Å². The van der Waals surface area contributed by atoms with Crippen molar-refractivity contribution in [3.05, 3.63) is 32.6 Å². The molecular weight excluding hydrogens is 296 g/mol. The summed E-state index contributed by atoms with van der Waals surface area (Å²) in [4.78, 5) is 24.9. The van der Waals surface area contributed by atoms with Gasteiger partial charge >= 0.3 is 5.69 Å². The smallest absolute Gasteiger partial charge is 0.333 e. The molecule has 0 amide bonds. The van der Waals surface area contributed by atoms with Crippen molar-refractivity contribution in [1.82, 2.24) is 9.13 Å². The van der Waals surface area contributed by atoms with E-state index >= 15 is 0 Å². The largest absolute Gasteiger partial charge is 0.380 e. The van der Waals surface area contributed by atoms with Gasteiger partial charge in [0.05, 0.1) is 19.3 Å². The second kappa shape index (κ2) is 7.93. The highest BCUT2D eigenvalue weighted by molar-refractivity contribution is 5.03. The Morgan fingerprint density at radius 1 is 1.30 bits per heavy atom. The predicted molar refractivity (Wildman–Crippen MR) is 88.8 cm³/mol. The summed E-state index contributed by atoms with van der Waals surface area (Å²) >= 11 is 0. The van der Waals surface area contributed by atoms with Crippen LogP contribution in [0.5, 0.6) is 0 Å². The Kier molecular flexibility index (Phi) is 6.18. The zero-order valence-electron chi connectivity index (χ0n) is 14.6. The molecule has 0 N–H and O–H groups in total. The van der Waals surface area contributed by atoms with Gasteiger partial charge in [0.15, 0.2) is 0 Å². The lowest BCUT2D eigenvalue weighted by Gasteiger charge is -2.18. The highest BCUT2D eigenvalue weighted by Gasteiger charge is 2.33. The molecule has 1 aromatic heterocycles. The van der Waals surface area contributed by atoms with Crippen LogP contribution in [0.3, 0.4) is 0 Å². The van der Waals surface area contributed by atoms with Gasteiger partial charge in [-0.05, 0) is 32.1 Å². The van der Waals surface area contributed by atoms with Crippen molar-refractivity contribution in [2.45, 2.75) is 65.8 Å². The molecule has 1 saturated heterocycles. The Labute approximate surface area is 137 Å². The third-order valence-electron chi connectivity index (χ3n) is 4.43. The van der Waals surface area contributed by atoms with Gasteiger partial charge in [-0.1, -0.05) is 20.8 Å². The van der Waals surface area contributed by atoms with Crippen molar-refractivity contribution in [2.24, 2.45) is 5.92 Å². The fourth-order valence-corrected chi connectivity index (χ4v) is 3.10. The highest BCUT2D eigenvalue weighted by atomic mass is 16.5. The summed E-state index contributed by atoms with van der Waals surface area (Å²) in [6, 6.07) is 0. The minimum atomic E-state index is -0.311. The van der Waals surface area contributed by atoms with Crippen molar-refractivity contribution in [3.63, 3.8) is 0 Å². The quantitative estimate of drug-likeness (QED) is 0.721. The number of hydrogen-bond acceptors (Lipinski definition) is 4. The van der Waals surface area contributed by atoms with Crippen LogP contribution in [0.15, 0.2) is 15.8 Å². The summed E-state index contributed by atoms with van der Waals surface area (Å²) in [7, 11) is 0. The van der Waals surface area contributed by atoms with E-state index in [1.165, 1.54) is 4.57 Å². The average Bonchev–Trinajstić information content (AvgIpc) is 2.91. The molecule has 0 aliphatic carbocycles. The third kappa shape index (κ3) is 3.93. The fourth-order valence-electron chi connectivity index (χ4n) is 3.10. The first-order valence-corrected chi connectivity index (χ1v) is 8.55. The van der Waals surface area contributed by atoms with Gasteiger partial charge in [-0.2, -0.15) is 0 Å². The molecule has 0 spiro atoms. The number of nitrogens with zero attached hydrogens (tertiary/aromatic N) is 2. The van der Waals surface area contributed by atoms with E-state index in [0.29, 0.717) is 24.7 Å². The molecule has 0 aromatic carbocycles. The molecule has 1 aromatic rings. The maximum atomic E-state index is 12.7. The molecular formula is C17H28N2O4. The second-order valence-electron chi connectivity index (χ2n) is 6.32. The maximum absolute atomic E-state index is 12.7. The van der Waals surface area contributed by atoms with Gasteiger partial charge in [0.2, 0.25) is 0 Å². The van der Waals surface area contributed by atoms with E-state index in [9.17, 15) is 9.59 Å².